The number of nitrogens with two attached hydrogens (primary N) is 1. The summed E-state index contributed by atoms with van der Waals surface area (Å²) < 4.78 is 1.66. The van der Waals surface area contributed by atoms with Crippen molar-refractivity contribution < 1.29 is 9.90 Å². The van der Waals surface area contributed by atoms with Crippen LogP contribution < -0.4 is 5.73 Å². The third-order valence-corrected chi connectivity index (χ3v) is 3.60. The summed E-state index contributed by atoms with van der Waals surface area (Å²) in [4.78, 5) is 11.6. The average Bonchev–Trinajstić information content (AvgIpc) is 2.66. The van der Waals surface area contributed by atoms with Crippen molar-refractivity contribution in [3.63, 3.8) is 0 Å². The first-order chi connectivity index (χ1) is 7.56. The molecule has 3 N–H and O–H groups in total. The molecular weight excluding hydrogens is 206 g/mol. The van der Waals surface area contributed by atoms with E-state index in [-0.39, 0.29) is 6.04 Å². The van der Waals surface area contributed by atoms with Crippen LogP contribution >= 0.6 is 0 Å². The van der Waals surface area contributed by atoms with Gasteiger partial charge in [-0.1, -0.05) is 0 Å². The van der Waals surface area contributed by atoms with Crippen LogP contribution in [0, 0.1) is 0 Å². The van der Waals surface area contributed by atoms with Crippen molar-refractivity contribution in [1.82, 2.24) is 9.78 Å². The van der Waals surface area contributed by atoms with Gasteiger partial charge in [-0.05, 0) is 31.7 Å². The minimum absolute atomic E-state index is 0.140. The number of rotatable bonds is 2. The molecule has 1 aliphatic carbocycles. The van der Waals surface area contributed by atoms with E-state index in [1.165, 1.54) is 0 Å². The van der Waals surface area contributed by atoms with Gasteiger partial charge in [-0.2, -0.15) is 5.10 Å². The van der Waals surface area contributed by atoms with Gasteiger partial charge in [-0.15, -0.1) is 0 Å². The van der Waals surface area contributed by atoms with Gasteiger partial charge in [0, 0.05) is 19.3 Å². The molecule has 1 aromatic heterocycles. The maximum atomic E-state index is 11.6. The Balaban J connectivity index is 2.37. The molecule has 88 valence electrons. The largest absolute Gasteiger partial charge is 0.481 e. The molecule has 16 heavy (non-hydrogen) atoms. The van der Waals surface area contributed by atoms with Crippen LogP contribution in [0.2, 0.25) is 0 Å². The number of hydrogen-bond donors (Lipinski definition) is 2. The summed E-state index contributed by atoms with van der Waals surface area (Å²) in [6.07, 6.45) is 4.37. The Bertz CT molecular complexity index is 392. The van der Waals surface area contributed by atoms with Crippen LogP contribution in [0.5, 0.6) is 0 Å². The Morgan fingerprint density at radius 2 is 2.25 bits per heavy atom. The lowest BCUT2D eigenvalue weighted by atomic mass is 9.70. The first-order valence-corrected chi connectivity index (χ1v) is 5.54. The fourth-order valence-corrected chi connectivity index (χ4v) is 2.56. The van der Waals surface area contributed by atoms with Crippen molar-refractivity contribution in [2.75, 3.05) is 0 Å². The predicted molar refractivity (Wildman–Crippen MR) is 59.0 cm³/mol. The highest BCUT2D eigenvalue weighted by molar-refractivity contribution is 5.81. The van der Waals surface area contributed by atoms with Gasteiger partial charge < -0.3 is 10.8 Å². The molecule has 0 radical (unpaired) electrons. The molecule has 1 fully saturated rings. The molecule has 5 heteroatoms. The topological polar surface area (TPSA) is 81.1 Å². The second-order valence-electron chi connectivity index (χ2n) is 4.56. The van der Waals surface area contributed by atoms with Gasteiger partial charge in [0.05, 0.1) is 5.69 Å². The number of aliphatic carboxylic acids is 1. The highest BCUT2D eigenvalue weighted by Crippen LogP contribution is 2.39. The smallest absolute Gasteiger partial charge is 0.315 e. The molecule has 1 saturated carbocycles. The molecule has 2 rings (SSSR count). The zero-order valence-electron chi connectivity index (χ0n) is 9.39. The number of hydrogen-bond acceptors (Lipinski definition) is 3. The van der Waals surface area contributed by atoms with E-state index in [1.54, 1.807) is 24.0 Å². The second kappa shape index (κ2) is 3.90. The standard InChI is InChI=1S/C11H17N3O2/c1-14-9(4-7-13-14)11(10(15)16)5-2-8(12)3-6-11/h4,7-8H,2-3,5-6,12H2,1H3,(H,15,16). The molecule has 0 aliphatic heterocycles. The molecule has 0 aromatic carbocycles. The molecule has 1 aliphatic rings. The lowest BCUT2D eigenvalue weighted by molar-refractivity contribution is -0.145. The molecular formula is C11H17N3O2. The number of carboxylic acid groups (broad SMARTS) is 1. The average molecular weight is 223 g/mol. The van der Waals surface area contributed by atoms with Crippen LogP contribution in [-0.2, 0) is 17.3 Å². The molecule has 0 spiro atoms. The minimum atomic E-state index is -0.791. The Kier molecular flexibility index (Phi) is 2.71. The summed E-state index contributed by atoms with van der Waals surface area (Å²) in [5.41, 5.74) is 5.83. The Morgan fingerprint density at radius 3 is 2.69 bits per heavy atom. The molecule has 0 unspecified atom stereocenters. The van der Waals surface area contributed by atoms with Gasteiger partial charge in [-0.3, -0.25) is 9.48 Å². The predicted octanol–water partition coefficient (Wildman–Crippen LogP) is 0.644. The summed E-state index contributed by atoms with van der Waals surface area (Å²) in [6, 6.07) is 1.94. The summed E-state index contributed by atoms with van der Waals surface area (Å²) in [5.74, 6) is -0.761. The molecule has 0 bridgehead atoms. The van der Waals surface area contributed by atoms with Crippen molar-refractivity contribution in [2.24, 2.45) is 12.8 Å². The first kappa shape index (κ1) is 11.1. The van der Waals surface area contributed by atoms with Gasteiger partial charge in [0.2, 0.25) is 0 Å². The van der Waals surface area contributed by atoms with Crippen LogP contribution in [0.4, 0.5) is 0 Å². The van der Waals surface area contributed by atoms with E-state index >= 15 is 0 Å². The van der Waals surface area contributed by atoms with E-state index in [0.717, 1.165) is 18.5 Å². The monoisotopic (exact) mass is 223 g/mol. The molecule has 5 nitrogen and oxygen atoms in total. The van der Waals surface area contributed by atoms with Gasteiger partial charge in [0.1, 0.15) is 5.41 Å². The van der Waals surface area contributed by atoms with Crippen LogP contribution in [0.3, 0.4) is 0 Å². The van der Waals surface area contributed by atoms with E-state index < -0.39 is 11.4 Å². The number of carbonyl (C=O) groups is 1. The van der Waals surface area contributed by atoms with Crippen LogP contribution in [-0.4, -0.2) is 26.9 Å². The van der Waals surface area contributed by atoms with Crippen molar-refractivity contribution in [3.05, 3.63) is 18.0 Å². The van der Waals surface area contributed by atoms with Gasteiger partial charge in [0.15, 0.2) is 0 Å². The van der Waals surface area contributed by atoms with E-state index in [0.29, 0.717) is 12.8 Å². The zero-order valence-corrected chi connectivity index (χ0v) is 9.39. The highest BCUT2D eigenvalue weighted by Gasteiger charge is 2.44. The lowest BCUT2D eigenvalue weighted by Crippen LogP contribution is -2.44. The number of aryl methyl sites for hydroxylation is 1. The van der Waals surface area contributed by atoms with Crippen LogP contribution in [0.15, 0.2) is 12.3 Å². The number of aromatic nitrogens is 2. The Hall–Kier alpha value is -1.36. The van der Waals surface area contributed by atoms with Crippen LogP contribution in [0.25, 0.3) is 0 Å². The fourth-order valence-electron chi connectivity index (χ4n) is 2.56. The summed E-state index contributed by atoms with van der Waals surface area (Å²) in [7, 11) is 1.79. The highest BCUT2D eigenvalue weighted by atomic mass is 16.4. The van der Waals surface area contributed by atoms with Crippen molar-refractivity contribution in [3.8, 4) is 0 Å². The molecule has 0 saturated heterocycles. The van der Waals surface area contributed by atoms with Crippen molar-refractivity contribution >= 4 is 5.97 Å². The van der Waals surface area contributed by atoms with Gasteiger partial charge in [-0.25, -0.2) is 0 Å². The third-order valence-electron chi connectivity index (χ3n) is 3.60. The fraction of sp³-hybridized carbons (Fsp3) is 0.636. The van der Waals surface area contributed by atoms with Gasteiger partial charge >= 0.3 is 5.97 Å². The zero-order chi connectivity index (χ0) is 11.8. The normalized spacial score (nSPS) is 30.2. The summed E-state index contributed by atoms with van der Waals surface area (Å²) >= 11 is 0. The first-order valence-electron chi connectivity index (χ1n) is 5.54. The third kappa shape index (κ3) is 1.61. The van der Waals surface area contributed by atoms with Crippen molar-refractivity contribution in [1.29, 1.82) is 0 Å². The lowest BCUT2D eigenvalue weighted by Gasteiger charge is -2.35. The van der Waals surface area contributed by atoms with Crippen molar-refractivity contribution in [2.45, 2.75) is 37.1 Å². The molecule has 1 aromatic rings. The Morgan fingerprint density at radius 1 is 1.62 bits per heavy atom. The Labute approximate surface area is 94.2 Å². The van der Waals surface area contributed by atoms with E-state index in [1.807, 2.05) is 0 Å². The van der Waals surface area contributed by atoms with E-state index in [9.17, 15) is 9.90 Å². The minimum Gasteiger partial charge on any atom is -0.481 e. The maximum Gasteiger partial charge on any atom is 0.315 e. The summed E-state index contributed by atoms with van der Waals surface area (Å²) in [6.45, 7) is 0. The molecule has 0 amide bonds. The van der Waals surface area contributed by atoms with Crippen LogP contribution in [0.1, 0.15) is 31.4 Å². The number of carboxylic acids is 1. The second-order valence-corrected chi connectivity index (χ2v) is 4.56. The quantitative estimate of drug-likeness (QED) is 0.771. The maximum absolute atomic E-state index is 11.6. The van der Waals surface area contributed by atoms with E-state index in [4.69, 9.17) is 5.73 Å². The SMILES string of the molecule is Cn1nccc1C1(C(=O)O)CCC(N)CC1. The van der Waals surface area contributed by atoms with Gasteiger partial charge in [0.25, 0.3) is 0 Å². The van der Waals surface area contributed by atoms with E-state index in [2.05, 4.69) is 5.10 Å². The summed E-state index contributed by atoms with van der Waals surface area (Å²) in [5, 5.41) is 13.5. The molecule has 1 heterocycles. The molecule has 0 atom stereocenters. The number of nitrogens with zero attached hydrogens (tertiary/aromatic N) is 2.